The van der Waals surface area contributed by atoms with E-state index in [0.29, 0.717) is 28.3 Å². The van der Waals surface area contributed by atoms with Crippen molar-refractivity contribution in [2.75, 3.05) is 6.54 Å². The molecule has 3 rings (SSSR count). The van der Waals surface area contributed by atoms with E-state index in [1.807, 2.05) is 25.1 Å². The predicted molar refractivity (Wildman–Crippen MR) is 98.6 cm³/mol. The van der Waals surface area contributed by atoms with Gasteiger partial charge in [0.15, 0.2) is 0 Å². The van der Waals surface area contributed by atoms with Crippen LogP contribution < -0.4 is 10.9 Å². The first-order chi connectivity index (χ1) is 12.0. The van der Waals surface area contributed by atoms with Gasteiger partial charge in [0.05, 0.1) is 22.6 Å². The molecule has 0 aliphatic rings. The van der Waals surface area contributed by atoms with Gasteiger partial charge in [0, 0.05) is 0 Å². The van der Waals surface area contributed by atoms with Gasteiger partial charge in [-0.1, -0.05) is 26.0 Å². The number of hydrogen-bond acceptors (Lipinski definition) is 3. The molecular formula is C20H22FN3O. The quantitative estimate of drug-likeness (QED) is 0.768. The molecule has 0 radical (unpaired) electrons. The maximum Gasteiger partial charge on any atom is 0.266 e. The molecule has 0 saturated carbocycles. The molecule has 1 atom stereocenters. The van der Waals surface area contributed by atoms with Crippen molar-refractivity contribution in [3.8, 4) is 5.69 Å². The zero-order valence-electron chi connectivity index (χ0n) is 14.7. The highest BCUT2D eigenvalue weighted by atomic mass is 19.1. The molecule has 1 heterocycles. The Balaban J connectivity index is 2.20. The summed E-state index contributed by atoms with van der Waals surface area (Å²) >= 11 is 0. The lowest BCUT2D eigenvalue weighted by Crippen LogP contribution is -2.31. The third kappa shape index (κ3) is 3.61. The molecule has 0 saturated heterocycles. The number of nitrogens with one attached hydrogen (secondary N) is 1. The standard InChI is InChI=1S/C20H22FN3O/c1-13(2)12-22-14(3)19-23-18-7-5-4-6-17(18)20(25)24(19)16-10-8-15(21)9-11-16/h4-11,13-14,22H,12H2,1-3H3/t14-/m0/s1. The molecule has 5 heteroatoms. The average Bonchev–Trinajstić information content (AvgIpc) is 2.60. The summed E-state index contributed by atoms with van der Waals surface area (Å²) in [5.74, 6) is 0.767. The van der Waals surface area contributed by atoms with Gasteiger partial charge in [-0.05, 0) is 55.8 Å². The lowest BCUT2D eigenvalue weighted by atomic mass is 10.1. The molecule has 130 valence electrons. The second kappa shape index (κ2) is 7.15. The molecule has 0 fully saturated rings. The van der Waals surface area contributed by atoms with E-state index in [1.165, 1.54) is 12.1 Å². The summed E-state index contributed by atoms with van der Waals surface area (Å²) in [6, 6.07) is 13.1. The molecule has 2 aromatic carbocycles. The number of aromatic nitrogens is 2. The highest BCUT2D eigenvalue weighted by molar-refractivity contribution is 5.77. The fourth-order valence-corrected chi connectivity index (χ4v) is 2.78. The van der Waals surface area contributed by atoms with Crippen molar-refractivity contribution in [1.82, 2.24) is 14.9 Å². The first kappa shape index (κ1) is 17.3. The Hall–Kier alpha value is -2.53. The maximum atomic E-state index is 13.3. The summed E-state index contributed by atoms with van der Waals surface area (Å²) in [6.07, 6.45) is 0. The minimum Gasteiger partial charge on any atom is -0.307 e. The van der Waals surface area contributed by atoms with Crippen LogP contribution >= 0.6 is 0 Å². The van der Waals surface area contributed by atoms with E-state index >= 15 is 0 Å². The Kier molecular flexibility index (Phi) is 4.95. The fourth-order valence-electron chi connectivity index (χ4n) is 2.78. The van der Waals surface area contributed by atoms with Crippen molar-refractivity contribution < 1.29 is 4.39 Å². The van der Waals surface area contributed by atoms with Gasteiger partial charge in [0.1, 0.15) is 11.6 Å². The number of halogens is 1. The number of fused-ring (bicyclic) bond motifs is 1. The summed E-state index contributed by atoms with van der Waals surface area (Å²) in [7, 11) is 0. The molecular weight excluding hydrogens is 317 g/mol. The van der Waals surface area contributed by atoms with E-state index in [2.05, 4.69) is 19.2 Å². The predicted octanol–water partition coefficient (Wildman–Crippen LogP) is 3.83. The van der Waals surface area contributed by atoms with Gasteiger partial charge in [-0.15, -0.1) is 0 Å². The second-order valence-electron chi connectivity index (χ2n) is 6.63. The van der Waals surface area contributed by atoms with Gasteiger partial charge in [0.25, 0.3) is 5.56 Å². The third-order valence-corrected chi connectivity index (χ3v) is 4.11. The van der Waals surface area contributed by atoms with Crippen LogP contribution in [0.5, 0.6) is 0 Å². The van der Waals surface area contributed by atoms with Crippen LogP contribution in [0, 0.1) is 11.7 Å². The van der Waals surface area contributed by atoms with E-state index < -0.39 is 0 Å². The summed E-state index contributed by atoms with van der Waals surface area (Å²) in [5.41, 5.74) is 1.13. The summed E-state index contributed by atoms with van der Waals surface area (Å²) in [5, 5.41) is 3.96. The van der Waals surface area contributed by atoms with Crippen molar-refractivity contribution >= 4 is 10.9 Å². The number of rotatable bonds is 5. The molecule has 3 aromatic rings. The highest BCUT2D eigenvalue weighted by Crippen LogP contribution is 2.18. The van der Waals surface area contributed by atoms with E-state index in [9.17, 15) is 9.18 Å². The van der Waals surface area contributed by atoms with Crippen molar-refractivity contribution in [3.05, 3.63) is 70.5 Å². The van der Waals surface area contributed by atoms with Crippen LogP contribution in [0.3, 0.4) is 0 Å². The second-order valence-corrected chi connectivity index (χ2v) is 6.63. The Bertz CT molecular complexity index is 932. The van der Waals surface area contributed by atoms with Gasteiger partial charge in [-0.2, -0.15) is 0 Å². The largest absolute Gasteiger partial charge is 0.307 e. The van der Waals surface area contributed by atoms with Gasteiger partial charge in [-0.25, -0.2) is 9.37 Å². The average molecular weight is 339 g/mol. The van der Waals surface area contributed by atoms with Crippen LogP contribution in [0.15, 0.2) is 53.3 Å². The normalized spacial score (nSPS) is 12.7. The molecule has 25 heavy (non-hydrogen) atoms. The SMILES string of the molecule is CC(C)CN[C@@H](C)c1nc2ccccc2c(=O)n1-c1ccc(F)cc1. The molecule has 0 bridgehead atoms. The highest BCUT2D eigenvalue weighted by Gasteiger charge is 2.17. The van der Waals surface area contributed by atoms with Crippen LogP contribution in [0.25, 0.3) is 16.6 Å². The van der Waals surface area contributed by atoms with E-state index in [0.717, 1.165) is 6.54 Å². The minimum atomic E-state index is -0.335. The molecule has 0 amide bonds. The molecule has 0 spiro atoms. The van der Waals surface area contributed by atoms with Crippen LogP contribution in [-0.4, -0.2) is 16.1 Å². The zero-order valence-corrected chi connectivity index (χ0v) is 14.7. The summed E-state index contributed by atoms with van der Waals surface area (Å²) in [4.78, 5) is 17.8. The summed E-state index contributed by atoms with van der Waals surface area (Å²) < 4.78 is 14.9. The Morgan fingerprint density at radius 3 is 2.44 bits per heavy atom. The van der Waals surface area contributed by atoms with Gasteiger partial charge in [0.2, 0.25) is 0 Å². The number of hydrogen-bond donors (Lipinski definition) is 1. The molecule has 0 aliphatic heterocycles. The van der Waals surface area contributed by atoms with Crippen molar-refractivity contribution in [2.45, 2.75) is 26.8 Å². The van der Waals surface area contributed by atoms with Gasteiger partial charge in [-0.3, -0.25) is 9.36 Å². The van der Waals surface area contributed by atoms with Crippen molar-refractivity contribution in [1.29, 1.82) is 0 Å². The molecule has 0 aliphatic carbocycles. The minimum absolute atomic E-state index is 0.121. The molecule has 4 nitrogen and oxygen atoms in total. The summed E-state index contributed by atoms with van der Waals surface area (Å²) in [6.45, 7) is 7.05. The van der Waals surface area contributed by atoms with Crippen LogP contribution in [0.4, 0.5) is 4.39 Å². The Labute approximate surface area is 146 Å². The topological polar surface area (TPSA) is 46.9 Å². The van der Waals surface area contributed by atoms with Crippen LogP contribution in [0.1, 0.15) is 32.6 Å². The fraction of sp³-hybridized carbons (Fsp3) is 0.300. The Morgan fingerprint density at radius 1 is 1.08 bits per heavy atom. The van der Waals surface area contributed by atoms with Gasteiger partial charge >= 0.3 is 0 Å². The lowest BCUT2D eigenvalue weighted by molar-refractivity contribution is 0.475. The lowest BCUT2D eigenvalue weighted by Gasteiger charge is -2.20. The first-order valence-electron chi connectivity index (χ1n) is 8.48. The molecule has 0 unspecified atom stereocenters. The third-order valence-electron chi connectivity index (χ3n) is 4.11. The molecule has 1 aromatic heterocycles. The molecule has 1 N–H and O–H groups in total. The number of para-hydroxylation sites is 1. The van der Waals surface area contributed by atoms with Crippen LogP contribution in [-0.2, 0) is 0 Å². The van der Waals surface area contributed by atoms with E-state index in [4.69, 9.17) is 4.98 Å². The number of nitrogens with zero attached hydrogens (tertiary/aromatic N) is 2. The van der Waals surface area contributed by atoms with Crippen molar-refractivity contribution in [2.24, 2.45) is 5.92 Å². The number of benzene rings is 2. The van der Waals surface area contributed by atoms with Crippen LogP contribution in [0.2, 0.25) is 0 Å². The monoisotopic (exact) mass is 339 g/mol. The van der Waals surface area contributed by atoms with E-state index in [-0.39, 0.29) is 17.4 Å². The first-order valence-corrected chi connectivity index (χ1v) is 8.48. The smallest absolute Gasteiger partial charge is 0.266 e. The maximum absolute atomic E-state index is 13.3. The zero-order chi connectivity index (χ0) is 18.0. The van der Waals surface area contributed by atoms with E-state index in [1.54, 1.807) is 22.8 Å². The van der Waals surface area contributed by atoms with Gasteiger partial charge < -0.3 is 5.32 Å². The van der Waals surface area contributed by atoms with Crippen molar-refractivity contribution in [3.63, 3.8) is 0 Å². The Morgan fingerprint density at radius 2 is 1.76 bits per heavy atom.